The Morgan fingerprint density at radius 1 is 0.894 bits per heavy atom. The molecule has 0 spiro atoms. The van der Waals surface area contributed by atoms with Crippen LogP contribution in [0.2, 0.25) is 5.04 Å². The molecule has 2 aromatic heterocycles. The van der Waals surface area contributed by atoms with E-state index in [0.29, 0.717) is 19.6 Å². The number of anilines is 1. The van der Waals surface area contributed by atoms with E-state index in [1.165, 1.54) is 21.3 Å². The molecule has 4 aromatic carbocycles. The highest BCUT2D eigenvalue weighted by Gasteiger charge is 2.51. The standard InChI is InChI=1S/C55H68N4O6Si/c1-9-59-49-30-29-42(58-32-20-23-41(36-58)33-48(52(60)61)57-53(62)64-37-40-21-13-10-14-22-40)34-46(49)47(51(59)45-28-19-31-56-50(45)39(2)63-8)35-55(6,7)38-65-66(54(3,4)5,43-24-15-11-16-25-43)44-26-17-12-18-27-44/h10-19,21-22,24-31,34,39,41,48H,9,20,23,32-33,35-38H2,1-8H3,(H,57,62)(H,60,61)/t39?,41-,48?/m0/s1. The van der Waals surface area contributed by atoms with Gasteiger partial charge < -0.3 is 33.8 Å². The number of alkyl carbamates (subject to hydrolysis) is 1. The number of pyridine rings is 1. The number of methoxy groups -OCH3 is 1. The van der Waals surface area contributed by atoms with Crippen molar-refractivity contribution >= 4 is 47.3 Å². The topological polar surface area (TPSA) is 115 Å². The Morgan fingerprint density at radius 2 is 1.55 bits per heavy atom. The fraction of sp³-hybridized carbons (Fsp3) is 0.400. The SMILES string of the molecule is CCn1c(-c2cccnc2C(C)OC)c(CC(C)(C)CO[Si](c2ccccc2)(c2ccccc2)C(C)(C)C)c2cc(N3CCC[C@@H](CC(NC(=O)OCc4ccccc4)C(=O)O)C3)ccc21. The Bertz CT molecular complexity index is 2520. The smallest absolute Gasteiger partial charge is 0.408 e. The van der Waals surface area contributed by atoms with Crippen molar-refractivity contribution in [2.45, 2.75) is 104 Å². The summed E-state index contributed by atoms with van der Waals surface area (Å²) in [6.45, 7) is 18.8. The number of rotatable bonds is 18. The monoisotopic (exact) mass is 908 g/mol. The van der Waals surface area contributed by atoms with Crippen LogP contribution in [0.4, 0.5) is 10.5 Å². The largest absolute Gasteiger partial charge is 0.480 e. The molecule has 2 unspecified atom stereocenters. The van der Waals surface area contributed by atoms with Gasteiger partial charge in [0.2, 0.25) is 0 Å². The summed E-state index contributed by atoms with van der Waals surface area (Å²) in [5, 5.41) is 16.4. The summed E-state index contributed by atoms with van der Waals surface area (Å²) in [4.78, 5) is 32.6. The first-order valence-corrected chi connectivity index (χ1v) is 25.4. The van der Waals surface area contributed by atoms with E-state index in [2.05, 4.69) is 148 Å². The molecule has 1 saturated heterocycles. The minimum absolute atomic E-state index is 0.0475. The predicted molar refractivity (Wildman–Crippen MR) is 268 cm³/mol. The van der Waals surface area contributed by atoms with E-state index < -0.39 is 26.4 Å². The summed E-state index contributed by atoms with van der Waals surface area (Å²) in [7, 11) is -1.10. The van der Waals surface area contributed by atoms with E-state index in [4.69, 9.17) is 18.9 Å². The maximum atomic E-state index is 12.8. The Morgan fingerprint density at radius 3 is 2.15 bits per heavy atom. The molecule has 1 aliphatic heterocycles. The van der Waals surface area contributed by atoms with Gasteiger partial charge in [0.05, 0.1) is 17.5 Å². The molecule has 1 amide bonds. The lowest BCUT2D eigenvalue weighted by Gasteiger charge is -2.44. The lowest BCUT2D eigenvalue weighted by Crippen LogP contribution is -2.67. The normalized spacial score (nSPS) is 15.6. The van der Waals surface area contributed by atoms with Crippen LogP contribution in [0.25, 0.3) is 22.2 Å². The lowest BCUT2D eigenvalue weighted by molar-refractivity contribution is -0.139. The fourth-order valence-corrected chi connectivity index (χ4v) is 14.8. The number of aryl methyl sites for hydroxylation is 1. The lowest BCUT2D eigenvalue weighted by atomic mass is 9.84. The summed E-state index contributed by atoms with van der Waals surface area (Å²) < 4.78 is 21.4. The molecule has 6 aromatic rings. The van der Waals surface area contributed by atoms with Crippen LogP contribution in [0.3, 0.4) is 0 Å². The third kappa shape index (κ3) is 10.6. The van der Waals surface area contributed by atoms with Crippen LogP contribution in [0.1, 0.15) is 90.7 Å². The number of aliphatic carboxylic acids is 1. The number of ether oxygens (including phenoxy) is 2. The van der Waals surface area contributed by atoms with Crippen LogP contribution >= 0.6 is 0 Å². The van der Waals surface area contributed by atoms with Crippen molar-refractivity contribution in [3.8, 4) is 11.3 Å². The summed E-state index contributed by atoms with van der Waals surface area (Å²) in [6, 6.07) is 41.0. The van der Waals surface area contributed by atoms with Crippen molar-refractivity contribution in [1.82, 2.24) is 14.9 Å². The molecule has 1 fully saturated rings. The maximum absolute atomic E-state index is 12.8. The molecule has 7 rings (SSSR count). The predicted octanol–water partition coefficient (Wildman–Crippen LogP) is 10.6. The van der Waals surface area contributed by atoms with Crippen LogP contribution in [0.15, 0.2) is 128 Å². The van der Waals surface area contributed by atoms with Gasteiger partial charge in [-0.3, -0.25) is 4.98 Å². The van der Waals surface area contributed by atoms with E-state index in [1.54, 1.807) is 7.11 Å². The highest BCUT2D eigenvalue weighted by Crippen LogP contribution is 2.43. The quantitative estimate of drug-likeness (QED) is 0.0820. The first kappa shape index (κ1) is 48.2. The average molecular weight is 909 g/mol. The van der Waals surface area contributed by atoms with Crippen LogP contribution in [0, 0.1) is 11.3 Å². The Balaban J connectivity index is 1.23. The number of piperidine rings is 1. The molecule has 348 valence electrons. The molecule has 0 saturated carbocycles. The molecule has 1 aliphatic rings. The Hall–Kier alpha value is -5.75. The van der Waals surface area contributed by atoms with Crippen molar-refractivity contribution in [3.05, 3.63) is 144 Å². The van der Waals surface area contributed by atoms with E-state index in [1.807, 2.05) is 42.6 Å². The number of nitrogens with one attached hydrogen (secondary N) is 1. The number of aromatic nitrogens is 2. The third-order valence-electron chi connectivity index (χ3n) is 13.3. The maximum Gasteiger partial charge on any atom is 0.408 e. The molecule has 10 nitrogen and oxygen atoms in total. The number of nitrogens with zero attached hydrogens (tertiary/aromatic N) is 3. The van der Waals surface area contributed by atoms with Crippen molar-refractivity contribution in [2.24, 2.45) is 11.3 Å². The minimum atomic E-state index is -2.83. The Kier molecular flexibility index (Phi) is 15.2. The molecular formula is C55H68N4O6Si. The number of benzene rings is 4. The molecular weight excluding hydrogens is 841 g/mol. The average Bonchev–Trinajstić information content (AvgIpc) is 3.62. The molecule has 3 heterocycles. The zero-order chi connectivity index (χ0) is 47.1. The van der Waals surface area contributed by atoms with E-state index in [9.17, 15) is 14.7 Å². The Labute approximate surface area is 392 Å². The van der Waals surface area contributed by atoms with Gasteiger partial charge >= 0.3 is 12.1 Å². The van der Waals surface area contributed by atoms with E-state index >= 15 is 0 Å². The summed E-state index contributed by atoms with van der Waals surface area (Å²) in [5.41, 5.74) is 7.09. The van der Waals surface area contributed by atoms with Gasteiger partial charge in [-0.2, -0.15) is 0 Å². The number of amides is 1. The fourth-order valence-electron chi connectivity index (χ4n) is 10.0. The van der Waals surface area contributed by atoms with Gasteiger partial charge in [0.15, 0.2) is 0 Å². The summed E-state index contributed by atoms with van der Waals surface area (Å²) in [5.74, 6) is -1.02. The molecule has 3 atom stereocenters. The van der Waals surface area contributed by atoms with Gasteiger partial charge in [0.1, 0.15) is 12.6 Å². The molecule has 66 heavy (non-hydrogen) atoms. The second kappa shape index (κ2) is 20.8. The van der Waals surface area contributed by atoms with Crippen molar-refractivity contribution in [2.75, 3.05) is 31.7 Å². The van der Waals surface area contributed by atoms with Crippen molar-refractivity contribution in [3.63, 3.8) is 0 Å². The zero-order valence-electron chi connectivity index (χ0n) is 40.1. The molecule has 11 heteroatoms. The summed E-state index contributed by atoms with van der Waals surface area (Å²) >= 11 is 0. The van der Waals surface area contributed by atoms with Crippen LogP contribution in [0.5, 0.6) is 0 Å². The number of carboxylic acid groups (broad SMARTS) is 1. The first-order chi connectivity index (χ1) is 31.7. The third-order valence-corrected chi connectivity index (χ3v) is 18.3. The number of fused-ring (bicyclic) bond motifs is 1. The molecule has 0 aliphatic carbocycles. The second-order valence-corrected chi connectivity index (χ2v) is 24.0. The molecule has 0 bridgehead atoms. The van der Waals surface area contributed by atoms with Crippen LogP contribution in [-0.4, -0.2) is 67.9 Å². The zero-order valence-corrected chi connectivity index (χ0v) is 41.1. The van der Waals surface area contributed by atoms with Gasteiger partial charge in [0.25, 0.3) is 8.32 Å². The van der Waals surface area contributed by atoms with Crippen LogP contribution < -0.4 is 20.6 Å². The number of hydrogen-bond donors (Lipinski definition) is 2. The highest BCUT2D eigenvalue weighted by atomic mass is 28.4. The number of hydrogen-bond acceptors (Lipinski definition) is 7. The van der Waals surface area contributed by atoms with E-state index in [0.717, 1.165) is 66.1 Å². The summed E-state index contributed by atoms with van der Waals surface area (Å²) in [6.07, 6.45) is 3.70. The van der Waals surface area contributed by atoms with Crippen molar-refractivity contribution < 1.29 is 28.6 Å². The molecule has 2 N–H and O–H groups in total. The van der Waals surface area contributed by atoms with E-state index in [-0.39, 0.29) is 29.1 Å². The van der Waals surface area contributed by atoms with Gasteiger partial charge in [-0.15, -0.1) is 0 Å². The van der Waals surface area contributed by atoms with Gasteiger partial charge in [0, 0.05) is 61.7 Å². The van der Waals surface area contributed by atoms with Gasteiger partial charge in [-0.25, -0.2) is 9.59 Å². The highest BCUT2D eigenvalue weighted by molar-refractivity contribution is 6.99. The minimum Gasteiger partial charge on any atom is -0.480 e. The van der Waals surface area contributed by atoms with Gasteiger partial charge in [-0.05, 0) is 108 Å². The van der Waals surface area contributed by atoms with Gasteiger partial charge in [-0.1, -0.05) is 126 Å². The number of carboxylic acids is 1. The molecule has 0 radical (unpaired) electrons. The second-order valence-electron chi connectivity index (χ2n) is 19.7. The number of carbonyl (C=O) groups excluding carboxylic acids is 1. The van der Waals surface area contributed by atoms with Crippen molar-refractivity contribution in [1.29, 1.82) is 0 Å². The first-order valence-electron chi connectivity index (χ1n) is 23.5. The number of carbonyl (C=O) groups is 2. The van der Waals surface area contributed by atoms with Crippen LogP contribution in [-0.2, 0) is 38.3 Å².